The number of hydrogen-bond acceptors (Lipinski definition) is 2. The van der Waals surface area contributed by atoms with E-state index in [4.69, 9.17) is 4.74 Å². The summed E-state index contributed by atoms with van der Waals surface area (Å²) in [6, 6.07) is 0. The topological polar surface area (TPSA) is 26.3 Å². The summed E-state index contributed by atoms with van der Waals surface area (Å²) < 4.78 is 41.3. The van der Waals surface area contributed by atoms with Crippen molar-refractivity contribution in [3.05, 3.63) is 0 Å². The quantitative estimate of drug-likeness (QED) is 0.723. The molecule has 5 heteroatoms. The van der Waals surface area contributed by atoms with Crippen LogP contribution in [0, 0.1) is 17.8 Å². The molecule has 0 aromatic carbocycles. The van der Waals surface area contributed by atoms with Crippen LogP contribution in [0.1, 0.15) is 46.5 Å². The van der Waals surface area contributed by atoms with Gasteiger partial charge in [0.2, 0.25) is 0 Å². The number of alkyl halides is 3. The van der Waals surface area contributed by atoms with E-state index in [9.17, 15) is 18.0 Å². The molecule has 2 nitrogen and oxygen atoms in total. The smallest absolute Gasteiger partial charge is 0.399 e. The Labute approximate surface area is 106 Å². The Kier molecular flexibility index (Phi) is 5.05. The first-order chi connectivity index (χ1) is 8.19. The highest BCUT2D eigenvalue weighted by molar-refractivity contribution is 5.70. The molecule has 1 fully saturated rings. The molecule has 3 atom stereocenters. The van der Waals surface area contributed by atoms with E-state index in [-0.39, 0.29) is 12.0 Å². The van der Waals surface area contributed by atoms with Crippen LogP contribution in [-0.4, -0.2) is 18.2 Å². The number of carbonyl (C=O) groups excluding carboxylic acids is 1. The maximum atomic E-state index is 12.1. The minimum atomic E-state index is -4.48. The lowest BCUT2D eigenvalue weighted by atomic mass is 9.75. The van der Waals surface area contributed by atoms with Crippen LogP contribution < -0.4 is 0 Å². The summed E-state index contributed by atoms with van der Waals surface area (Å²) in [5.41, 5.74) is 0. The van der Waals surface area contributed by atoms with Crippen molar-refractivity contribution in [3.8, 4) is 0 Å². The second-order valence-corrected chi connectivity index (χ2v) is 5.65. The van der Waals surface area contributed by atoms with Gasteiger partial charge in [0.1, 0.15) is 12.5 Å². The summed E-state index contributed by atoms with van der Waals surface area (Å²) in [5, 5.41) is 0. The Hall–Kier alpha value is -0.740. The summed E-state index contributed by atoms with van der Waals surface area (Å²) in [6.07, 6.45) is -3.68. The minimum absolute atomic E-state index is 0.179. The first-order valence-electron chi connectivity index (χ1n) is 6.45. The molecule has 1 aliphatic rings. The second kappa shape index (κ2) is 5.93. The van der Waals surface area contributed by atoms with E-state index in [1.165, 1.54) is 0 Å². The molecule has 0 aromatic heterocycles. The molecule has 0 amide bonds. The van der Waals surface area contributed by atoms with Crippen LogP contribution in [-0.2, 0) is 9.53 Å². The van der Waals surface area contributed by atoms with Gasteiger partial charge in [-0.05, 0) is 30.6 Å². The van der Waals surface area contributed by atoms with Gasteiger partial charge in [-0.15, -0.1) is 0 Å². The fraction of sp³-hybridized carbons (Fsp3) is 0.923. The Morgan fingerprint density at radius 1 is 1.33 bits per heavy atom. The average Bonchev–Trinajstić information content (AvgIpc) is 2.13. The molecule has 1 rings (SSSR count). The zero-order valence-electron chi connectivity index (χ0n) is 11.1. The number of hydrogen-bond donors (Lipinski definition) is 0. The van der Waals surface area contributed by atoms with Crippen LogP contribution in [0.3, 0.4) is 0 Å². The number of carbonyl (C=O) groups is 1. The van der Waals surface area contributed by atoms with E-state index in [1.54, 1.807) is 0 Å². The van der Waals surface area contributed by atoms with Gasteiger partial charge in [0.15, 0.2) is 0 Å². The van der Waals surface area contributed by atoms with Crippen molar-refractivity contribution >= 4 is 5.97 Å². The summed E-state index contributed by atoms with van der Waals surface area (Å²) in [6.45, 7) is 6.08. The van der Waals surface area contributed by atoms with Crippen LogP contribution in [0.25, 0.3) is 0 Å². The van der Waals surface area contributed by atoms with Crippen LogP contribution in [0.5, 0.6) is 0 Å². The maximum absolute atomic E-state index is 12.1. The SMILES string of the molecule is CC(C)[C@@H]1CC[C@@H](C)C[C@H]1OC(=O)CC(F)(F)F. The molecule has 106 valence electrons. The highest BCUT2D eigenvalue weighted by Gasteiger charge is 2.37. The zero-order valence-corrected chi connectivity index (χ0v) is 11.1. The van der Waals surface area contributed by atoms with Gasteiger partial charge in [0, 0.05) is 0 Å². The fourth-order valence-corrected chi connectivity index (χ4v) is 2.62. The molecule has 0 saturated heterocycles. The molecule has 18 heavy (non-hydrogen) atoms. The van der Waals surface area contributed by atoms with Gasteiger partial charge in [-0.1, -0.05) is 27.2 Å². The van der Waals surface area contributed by atoms with Crippen molar-refractivity contribution in [1.82, 2.24) is 0 Å². The Balaban J connectivity index is 2.58. The number of rotatable bonds is 3. The van der Waals surface area contributed by atoms with Crippen LogP contribution >= 0.6 is 0 Å². The lowest BCUT2D eigenvalue weighted by Gasteiger charge is -2.36. The molecule has 0 aromatic rings. The summed E-state index contributed by atoms with van der Waals surface area (Å²) in [4.78, 5) is 11.3. The van der Waals surface area contributed by atoms with Crippen LogP contribution in [0.4, 0.5) is 13.2 Å². The summed E-state index contributed by atoms with van der Waals surface area (Å²) >= 11 is 0. The first-order valence-corrected chi connectivity index (χ1v) is 6.45. The number of esters is 1. The second-order valence-electron chi connectivity index (χ2n) is 5.65. The van der Waals surface area contributed by atoms with Gasteiger partial charge in [-0.2, -0.15) is 13.2 Å². The predicted octanol–water partition coefficient (Wildman–Crippen LogP) is 3.94. The van der Waals surface area contributed by atoms with Crippen molar-refractivity contribution in [2.45, 2.75) is 58.7 Å². The van der Waals surface area contributed by atoms with Gasteiger partial charge in [0.25, 0.3) is 0 Å². The molecular weight excluding hydrogens is 245 g/mol. The zero-order chi connectivity index (χ0) is 13.9. The predicted molar refractivity (Wildman–Crippen MR) is 61.9 cm³/mol. The molecule has 0 bridgehead atoms. The normalized spacial score (nSPS) is 29.4. The fourth-order valence-electron chi connectivity index (χ4n) is 2.62. The van der Waals surface area contributed by atoms with Gasteiger partial charge >= 0.3 is 12.1 Å². The molecule has 0 heterocycles. The third kappa shape index (κ3) is 4.86. The molecule has 1 saturated carbocycles. The van der Waals surface area contributed by atoms with Gasteiger partial charge in [0.05, 0.1) is 0 Å². The number of ether oxygens (including phenoxy) is 1. The Morgan fingerprint density at radius 3 is 2.44 bits per heavy atom. The van der Waals surface area contributed by atoms with Crippen molar-refractivity contribution in [2.24, 2.45) is 17.8 Å². The van der Waals surface area contributed by atoms with E-state index in [0.717, 1.165) is 12.8 Å². The molecule has 0 unspecified atom stereocenters. The van der Waals surface area contributed by atoms with Gasteiger partial charge in [-0.25, -0.2) is 0 Å². The standard InChI is InChI=1S/C13H21F3O2/c1-8(2)10-5-4-9(3)6-11(10)18-12(17)7-13(14,15)16/h8-11H,4-7H2,1-3H3/t9-,10+,11-/m1/s1. The van der Waals surface area contributed by atoms with Crippen LogP contribution in [0.15, 0.2) is 0 Å². The van der Waals surface area contributed by atoms with Crippen molar-refractivity contribution < 1.29 is 22.7 Å². The third-order valence-electron chi connectivity index (χ3n) is 3.59. The van der Waals surface area contributed by atoms with E-state index in [2.05, 4.69) is 0 Å². The summed E-state index contributed by atoms with van der Waals surface area (Å²) in [5.74, 6) is -0.240. The number of halogens is 3. The van der Waals surface area contributed by atoms with E-state index >= 15 is 0 Å². The molecular formula is C13H21F3O2. The van der Waals surface area contributed by atoms with Crippen molar-refractivity contribution in [2.75, 3.05) is 0 Å². The lowest BCUT2D eigenvalue weighted by Crippen LogP contribution is -2.36. The largest absolute Gasteiger partial charge is 0.462 e. The van der Waals surface area contributed by atoms with Gasteiger partial charge in [-0.3, -0.25) is 4.79 Å². The van der Waals surface area contributed by atoms with Crippen molar-refractivity contribution in [3.63, 3.8) is 0 Å². The molecule has 0 radical (unpaired) electrons. The monoisotopic (exact) mass is 266 g/mol. The summed E-state index contributed by atoms with van der Waals surface area (Å²) in [7, 11) is 0. The minimum Gasteiger partial charge on any atom is -0.462 e. The molecule has 0 spiro atoms. The van der Waals surface area contributed by atoms with Crippen LogP contribution in [0.2, 0.25) is 0 Å². The average molecular weight is 266 g/mol. The highest BCUT2D eigenvalue weighted by atomic mass is 19.4. The van der Waals surface area contributed by atoms with Crippen molar-refractivity contribution in [1.29, 1.82) is 0 Å². The van der Waals surface area contributed by atoms with E-state index in [1.807, 2.05) is 20.8 Å². The van der Waals surface area contributed by atoms with Gasteiger partial charge < -0.3 is 4.74 Å². The molecule has 0 N–H and O–H groups in total. The van der Waals surface area contributed by atoms with E-state index < -0.39 is 18.6 Å². The maximum Gasteiger partial charge on any atom is 0.399 e. The lowest BCUT2D eigenvalue weighted by molar-refractivity contribution is -0.180. The Bertz CT molecular complexity index is 286. The Morgan fingerprint density at radius 2 is 1.94 bits per heavy atom. The van der Waals surface area contributed by atoms with E-state index in [0.29, 0.717) is 18.3 Å². The molecule has 0 aliphatic heterocycles. The first kappa shape index (κ1) is 15.3. The highest BCUT2D eigenvalue weighted by Crippen LogP contribution is 2.35. The third-order valence-corrected chi connectivity index (χ3v) is 3.59. The molecule has 1 aliphatic carbocycles.